The quantitative estimate of drug-likeness (QED) is 0.482. The number of aryl methyl sites for hydroxylation is 1. The number of rotatable bonds is 4. The topological polar surface area (TPSA) is 98.6 Å². The number of anilines is 2. The van der Waals surface area contributed by atoms with Crippen LogP contribution in [0, 0.1) is 0 Å². The number of ether oxygens (including phenoxy) is 1. The zero-order chi connectivity index (χ0) is 17.3. The van der Waals surface area contributed by atoms with Crippen LogP contribution in [0.15, 0.2) is 23.3 Å². The van der Waals surface area contributed by atoms with Crippen molar-refractivity contribution in [2.45, 2.75) is 38.8 Å². The van der Waals surface area contributed by atoms with E-state index in [1.165, 1.54) is 4.90 Å². The molecule has 1 aromatic rings. The number of carbonyl (C=O) groups is 2. The van der Waals surface area contributed by atoms with E-state index in [9.17, 15) is 9.59 Å². The van der Waals surface area contributed by atoms with E-state index >= 15 is 0 Å². The first-order chi connectivity index (χ1) is 11.5. The first-order valence-electron chi connectivity index (χ1n) is 7.95. The van der Waals surface area contributed by atoms with Gasteiger partial charge in [-0.15, -0.1) is 0 Å². The van der Waals surface area contributed by atoms with Gasteiger partial charge in [-0.05, 0) is 49.6 Å². The average molecular weight is 329 g/mol. The molecule has 1 saturated heterocycles. The van der Waals surface area contributed by atoms with Crippen molar-refractivity contribution in [1.29, 1.82) is 0 Å². The highest BCUT2D eigenvalue weighted by Gasteiger charge is 2.33. The molecule has 126 valence electrons. The zero-order valence-corrected chi connectivity index (χ0v) is 13.7. The summed E-state index contributed by atoms with van der Waals surface area (Å²) in [6, 6.07) is 5.74. The van der Waals surface area contributed by atoms with Gasteiger partial charge in [-0.25, -0.2) is 4.79 Å². The van der Waals surface area contributed by atoms with Crippen molar-refractivity contribution in [2.75, 3.05) is 22.9 Å². The van der Waals surface area contributed by atoms with E-state index < -0.39 is 12.2 Å². The summed E-state index contributed by atoms with van der Waals surface area (Å²) < 4.78 is 5.21. The molecule has 0 N–H and O–H groups in total. The smallest absolute Gasteiger partial charge is 0.414 e. The second-order valence-electron chi connectivity index (χ2n) is 6.20. The van der Waals surface area contributed by atoms with Crippen molar-refractivity contribution in [3.8, 4) is 0 Å². The highest BCUT2D eigenvalue weighted by atomic mass is 16.6. The van der Waals surface area contributed by atoms with Crippen molar-refractivity contribution in [3.63, 3.8) is 0 Å². The summed E-state index contributed by atoms with van der Waals surface area (Å²) >= 11 is 0. The fourth-order valence-corrected chi connectivity index (χ4v) is 3.19. The SMILES string of the molecule is CC(C)N1C(=O)CCc2cc(N3C[C@H](CN=[N+]=[N-])OC3=O)ccc21. The molecular weight excluding hydrogens is 310 g/mol. The molecule has 0 aromatic heterocycles. The first-order valence-corrected chi connectivity index (χ1v) is 7.95. The number of cyclic esters (lactones) is 1. The number of carbonyl (C=O) groups excluding carboxylic acids is 2. The minimum absolute atomic E-state index is 0.0902. The van der Waals surface area contributed by atoms with Gasteiger partial charge in [-0.1, -0.05) is 5.11 Å². The Morgan fingerprint density at radius 1 is 1.38 bits per heavy atom. The van der Waals surface area contributed by atoms with Gasteiger partial charge in [0.2, 0.25) is 5.91 Å². The Hall–Kier alpha value is -2.73. The van der Waals surface area contributed by atoms with E-state index in [1.54, 1.807) is 4.90 Å². The largest absolute Gasteiger partial charge is 0.444 e. The molecule has 0 unspecified atom stereocenters. The lowest BCUT2D eigenvalue weighted by atomic mass is 9.99. The fourth-order valence-electron chi connectivity index (χ4n) is 3.19. The highest BCUT2D eigenvalue weighted by Crippen LogP contribution is 2.34. The molecule has 8 heteroatoms. The van der Waals surface area contributed by atoms with Gasteiger partial charge < -0.3 is 9.64 Å². The van der Waals surface area contributed by atoms with Gasteiger partial charge in [-0.2, -0.15) is 0 Å². The standard InChI is InChI=1S/C16H19N5O3/c1-10(2)21-14-5-4-12(7-11(14)3-6-15(21)22)20-9-13(8-18-19-17)24-16(20)23/h4-5,7,10,13H,3,6,8-9H2,1-2H3/t13-/m0/s1. The molecule has 1 aromatic carbocycles. The maximum Gasteiger partial charge on any atom is 0.414 e. The van der Waals surface area contributed by atoms with Crippen molar-refractivity contribution in [1.82, 2.24) is 0 Å². The minimum atomic E-state index is -0.444. The molecule has 2 amide bonds. The van der Waals surface area contributed by atoms with E-state index in [2.05, 4.69) is 10.0 Å². The van der Waals surface area contributed by atoms with Gasteiger partial charge in [0, 0.05) is 28.7 Å². The average Bonchev–Trinajstić information content (AvgIpc) is 2.92. The molecule has 0 saturated carbocycles. The van der Waals surface area contributed by atoms with Gasteiger partial charge in [0.25, 0.3) is 0 Å². The highest BCUT2D eigenvalue weighted by molar-refractivity contribution is 5.98. The molecule has 2 aliphatic rings. The number of hydrogen-bond donors (Lipinski definition) is 0. The molecular formula is C16H19N5O3. The number of fused-ring (bicyclic) bond motifs is 1. The van der Waals surface area contributed by atoms with Crippen LogP contribution in [-0.4, -0.2) is 37.2 Å². The molecule has 0 bridgehead atoms. The van der Waals surface area contributed by atoms with E-state index in [0.717, 1.165) is 16.9 Å². The maximum atomic E-state index is 12.1. The fraction of sp³-hybridized carbons (Fsp3) is 0.500. The summed E-state index contributed by atoms with van der Waals surface area (Å²) in [6.45, 7) is 4.45. The van der Waals surface area contributed by atoms with Gasteiger partial charge in [0.15, 0.2) is 0 Å². The molecule has 24 heavy (non-hydrogen) atoms. The molecule has 2 aliphatic heterocycles. The molecule has 0 spiro atoms. The van der Waals surface area contributed by atoms with Gasteiger partial charge >= 0.3 is 6.09 Å². The van der Waals surface area contributed by atoms with E-state index in [4.69, 9.17) is 10.3 Å². The Morgan fingerprint density at radius 3 is 2.88 bits per heavy atom. The molecule has 2 heterocycles. The Bertz CT molecular complexity index is 726. The monoisotopic (exact) mass is 329 g/mol. The lowest BCUT2D eigenvalue weighted by Crippen LogP contribution is -2.40. The molecule has 8 nitrogen and oxygen atoms in total. The predicted octanol–water partition coefficient (Wildman–Crippen LogP) is 3.01. The van der Waals surface area contributed by atoms with Crippen LogP contribution in [0.2, 0.25) is 0 Å². The number of hydrogen-bond acceptors (Lipinski definition) is 4. The van der Waals surface area contributed by atoms with Gasteiger partial charge in [0.05, 0.1) is 13.1 Å². The lowest BCUT2D eigenvalue weighted by molar-refractivity contribution is -0.119. The predicted molar refractivity (Wildman–Crippen MR) is 89.0 cm³/mol. The summed E-state index contributed by atoms with van der Waals surface area (Å²) in [5, 5.41) is 3.46. The van der Waals surface area contributed by atoms with Gasteiger partial charge in [-0.3, -0.25) is 9.69 Å². The Kier molecular flexibility index (Phi) is 4.31. The number of nitrogens with zero attached hydrogens (tertiary/aromatic N) is 5. The minimum Gasteiger partial charge on any atom is -0.444 e. The van der Waals surface area contributed by atoms with E-state index in [0.29, 0.717) is 19.4 Å². The second kappa shape index (κ2) is 6.41. The normalized spacial score (nSPS) is 20.0. The van der Waals surface area contributed by atoms with E-state index in [-0.39, 0.29) is 18.5 Å². The first kappa shape index (κ1) is 16.1. The summed E-state index contributed by atoms with van der Waals surface area (Å²) in [6.07, 6.45) is 0.258. The zero-order valence-electron chi connectivity index (χ0n) is 13.7. The number of azide groups is 1. The summed E-state index contributed by atoms with van der Waals surface area (Å²) in [5.74, 6) is 0.125. The van der Waals surface area contributed by atoms with Crippen molar-refractivity contribution >= 4 is 23.4 Å². The number of benzene rings is 1. The van der Waals surface area contributed by atoms with Crippen molar-refractivity contribution in [2.24, 2.45) is 5.11 Å². The summed E-state index contributed by atoms with van der Waals surface area (Å²) in [7, 11) is 0. The van der Waals surface area contributed by atoms with Crippen LogP contribution < -0.4 is 9.80 Å². The molecule has 0 aliphatic carbocycles. The Morgan fingerprint density at radius 2 is 2.17 bits per heavy atom. The van der Waals surface area contributed by atoms with Crippen molar-refractivity contribution in [3.05, 3.63) is 34.2 Å². The molecule has 1 atom stereocenters. The van der Waals surface area contributed by atoms with Crippen LogP contribution >= 0.6 is 0 Å². The van der Waals surface area contributed by atoms with Gasteiger partial charge in [0.1, 0.15) is 6.10 Å². The summed E-state index contributed by atoms with van der Waals surface area (Å²) in [5.41, 5.74) is 11.1. The Balaban J connectivity index is 1.85. The van der Waals surface area contributed by atoms with Crippen LogP contribution in [-0.2, 0) is 16.0 Å². The van der Waals surface area contributed by atoms with Crippen LogP contribution in [0.3, 0.4) is 0 Å². The van der Waals surface area contributed by atoms with Crippen LogP contribution in [0.1, 0.15) is 25.8 Å². The molecule has 1 fully saturated rings. The molecule has 3 rings (SSSR count). The number of amides is 2. The third kappa shape index (κ3) is 2.88. The third-order valence-electron chi connectivity index (χ3n) is 4.25. The van der Waals surface area contributed by atoms with Crippen LogP contribution in [0.5, 0.6) is 0 Å². The van der Waals surface area contributed by atoms with E-state index in [1.807, 2.05) is 32.0 Å². The Labute approximate surface area is 139 Å². The maximum absolute atomic E-state index is 12.1. The lowest BCUT2D eigenvalue weighted by Gasteiger charge is -2.33. The van der Waals surface area contributed by atoms with Crippen LogP contribution in [0.4, 0.5) is 16.2 Å². The van der Waals surface area contributed by atoms with Crippen LogP contribution in [0.25, 0.3) is 10.4 Å². The third-order valence-corrected chi connectivity index (χ3v) is 4.25. The van der Waals surface area contributed by atoms with Crippen molar-refractivity contribution < 1.29 is 14.3 Å². The molecule has 0 radical (unpaired) electrons. The summed E-state index contributed by atoms with van der Waals surface area (Å²) in [4.78, 5) is 30.2. The second-order valence-corrected chi connectivity index (χ2v) is 6.20.